The lowest BCUT2D eigenvalue weighted by Gasteiger charge is -2.25. The van der Waals surface area contributed by atoms with Gasteiger partial charge in [0.05, 0.1) is 12.3 Å². The zero-order chi connectivity index (χ0) is 16.6. The van der Waals surface area contributed by atoms with E-state index in [1.807, 2.05) is 29.2 Å². The van der Waals surface area contributed by atoms with Crippen LogP contribution in [0.3, 0.4) is 0 Å². The lowest BCUT2D eigenvalue weighted by atomic mass is 10.1. The SMILES string of the molecule is O=C(NCCCOCc1ccco1)N1CCCC1c1ccncc1. The molecule has 0 aromatic carbocycles. The van der Waals surface area contributed by atoms with Gasteiger partial charge in [0, 0.05) is 32.1 Å². The van der Waals surface area contributed by atoms with E-state index in [0.717, 1.165) is 37.1 Å². The summed E-state index contributed by atoms with van der Waals surface area (Å²) in [5.74, 6) is 0.816. The third-order valence-corrected chi connectivity index (χ3v) is 4.17. The van der Waals surface area contributed by atoms with Crippen molar-refractivity contribution >= 4 is 6.03 Å². The molecule has 128 valence electrons. The van der Waals surface area contributed by atoms with Gasteiger partial charge in [-0.25, -0.2) is 4.79 Å². The summed E-state index contributed by atoms with van der Waals surface area (Å²) >= 11 is 0. The molecule has 1 saturated heterocycles. The summed E-state index contributed by atoms with van der Waals surface area (Å²) in [6.07, 6.45) is 8.00. The number of nitrogens with one attached hydrogen (secondary N) is 1. The monoisotopic (exact) mass is 329 g/mol. The van der Waals surface area contributed by atoms with Gasteiger partial charge >= 0.3 is 6.03 Å². The molecule has 1 aliphatic rings. The highest BCUT2D eigenvalue weighted by molar-refractivity contribution is 5.75. The molecule has 1 N–H and O–H groups in total. The summed E-state index contributed by atoms with van der Waals surface area (Å²) in [7, 11) is 0. The van der Waals surface area contributed by atoms with Crippen LogP contribution in [0.2, 0.25) is 0 Å². The first kappa shape index (κ1) is 16.5. The van der Waals surface area contributed by atoms with Gasteiger partial charge in [0.25, 0.3) is 0 Å². The Balaban J connectivity index is 1.37. The summed E-state index contributed by atoms with van der Waals surface area (Å²) in [6, 6.07) is 7.85. The van der Waals surface area contributed by atoms with E-state index in [9.17, 15) is 4.79 Å². The Morgan fingerprint density at radius 2 is 2.25 bits per heavy atom. The van der Waals surface area contributed by atoms with Crippen LogP contribution in [0.15, 0.2) is 47.3 Å². The molecule has 24 heavy (non-hydrogen) atoms. The Labute approximate surface area is 141 Å². The summed E-state index contributed by atoms with van der Waals surface area (Å²) in [6.45, 7) is 2.47. The topological polar surface area (TPSA) is 67.6 Å². The van der Waals surface area contributed by atoms with Crippen molar-refractivity contribution in [2.75, 3.05) is 19.7 Å². The molecule has 3 rings (SSSR count). The molecular weight excluding hydrogens is 306 g/mol. The van der Waals surface area contributed by atoms with Gasteiger partial charge in [-0.2, -0.15) is 0 Å². The number of ether oxygens (including phenoxy) is 1. The first-order valence-electron chi connectivity index (χ1n) is 8.39. The minimum atomic E-state index is 0.000321. The van der Waals surface area contributed by atoms with E-state index in [1.165, 1.54) is 0 Å². The van der Waals surface area contributed by atoms with Crippen molar-refractivity contribution in [3.05, 3.63) is 54.2 Å². The number of aromatic nitrogens is 1. The Hall–Kier alpha value is -2.34. The molecule has 2 aromatic rings. The van der Waals surface area contributed by atoms with Gasteiger partial charge in [0.1, 0.15) is 12.4 Å². The van der Waals surface area contributed by atoms with Gasteiger partial charge in [-0.3, -0.25) is 4.98 Å². The van der Waals surface area contributed by atoms with E-state index in [2.05, 4.69) is 10.3 Å². The fraction of sp³-hybridized carbons (Fsp3) is 0.444. The lowest BCUT2D eigenvalue weighted by Crippen LogP contribution is -2.40. The van der Waals surface area contributed by atoms with Gasteiger partial charge in [-0.05, 0) is 49.1 Å². The van der Waals surface area contributed by atoms with E-state index >= 15 is 0 Å². The predicted molar refractivity (Wildman–Crippen MR) is 89.3 cm³/mol. The molecule has 1 unspecified atom stereocenters. The van der Waals surface area contributed by atoms with Crippen molar-refractivity contribution < 1.29 is 13.9 Å². The number of likely N-dealkylation sites (tertiary alicyclic amines) is 1. The second-order valence-electron chi connectivity index (χ2n) is 5.85. The van der Waals surface area contributed by atoms with Crippen molar-refractivity contribution in [2.45, 2.75) is 31.9 Å². The molecule has 0 bridgehead atoms. The lowest BCUT2D eigenvalue weighted by molar-refractivity contribution is 0.104. The van der Waals surface area contributed by atoms with Crippen molar-refractivity contribution in [1.29, 1.82) is 0 Å². The molecule has 0 aliphatic carbocycles. The maximum Gasteiger partial charge on any atom is 0.317 e. The van der Waals surface area contributed by atoms with Crippen LogP contribution in [0.25, 0.3) is 0 Å². The molecule has 6 heteroatoms. The van der Waals surface area contributed by atoms with Crippen molar-refractivity contribution in [3.8, 4) is 0 Å². The standard InChI is InChI=1S/C18H23N3O3/c22-18(20-8-3-12-23-14-16-4-2-13-24-16)21-11-1-5-17(21)15-6-9-19-10-7-15/h2,4,6-7,9-10,13,17H,1,3,5,8,11-12,14H2,(H,20,22). The van der Waals surface area contributed by atoms with Gasteiger partial charge in [0.15, 0.2) is 0 Å². The average Bonchev–Trinajstić information content (AvgIpc) is 3.30. The second kappa shape index (κ2) is 8.49. The summed E-state index contributed by atoms with van der Waals surface area (Å²) < 4.78 is 10.7. The Morgan fingerprint density at radius 1 is 1.38 bits per heavy atom. The molecule has 3 heterocycles. The van der Waals surface area contributed by atoms with Gasteiger partial charge in [-0.1, -0.05) is 0 Å². The molecule has 2 amide bonds. The van der Waals surface area contributed by atoms with E-state index in [-0.39, 0.29) is 12.1 Å². The Bertz CT molecular complexity index is 616. The number of hydrogen-bond donors (Lipinski definition) is 1. The maximum absolute atomic E-state index is 12.4. The maximum atomic E-state index is 12.4. The summed E-state index contributed by atoms with van der Waals surface area (Å²) in [4.78, 5) is 18.4. The molecule has 1 atom stereocenters. The molecular formula is C18H23N3O3. The van der Waals surface area contributed by atoms with Crippen molar-refractivity contribution in [3.63, 3.8) is 0 Å². The zero-order valence-electron chi connectivity index (χ0n) is 13.7. The third kappa shape index (κ3) is 4.35. The first-order valence-corrected chi connectivity index (χ1v) is 8.39. The normalized spacial score (nSPS) is 17.2. The summed E-state index contributed by atoms with van der Waals surface area (Å²) in [5.41, 5.74) is 1.15. The van der Waals surface area contributed by atoms with E-state index in [0.29, 0.717) is 19.8 Å². The van der Waals surface area contributed by atoms with Crippen LogP contribution in [0.1, 0.15) is 36.6 Å². The number of carbonyl (C=O) groups excluding carboxylic acids is 1. The van der Waals surface area contributed by atoms with Gasteiger partial charge < -0.3 is 19.4 Å². The number of urea groups is 1. The number of amides is 2. The largest absolute Gasteiger partial charge is 0.467 e. The molecule has 6 nitrogen and oxygen atoms in total. The third-order valence-electron chi connectivity index (χ3n) is 4.17. The van der Waals surface area contributed by atoms with E-state index in [4.69, 9.17) is 9.15 Å². The molecule has 2 aromatic heterocycles. The van der Waals surface area contributed by atoms with Crippen molar-refractivity contribution in [1.82, 2.24) is 15.2 Å². The fourth-order valence-electron chi connectivity index (χ4n) is 2.98. The number of rotatable bonds is 7. The first-order chi connectivity index (χ1) is 11.8. The number of hydrogen-bond acceptors (Lipinski definition) is 4. The average molecular weight is 329 g/mol. The van der Waals surface area contributed by atoms with Gasteiger partial charge in [0.2, 0.25) is 0 Å². The second-order valence-corrected chi connectivity index (χ2v) is 5.85. The highest BCUT2D eigenvalue weighted by Crippen LogP contribution is 2.31. The van der Waals surface area contributed by atoms with E-state index < -0.39 is 0 Å². The predicted octanol–water partition coefficient (Wildman–Crippen LogP) is 3.13. The number of pyridine rings is 1. The van der Waals surface area contributed by atoms with Crippen LogP contribution in [-0.4, -0.2) is 35.6 Å². The molecule has 0 spiro atoms. The molecule has 1 fully saturated rings. The molecule has 0 saturated carbocycles. The van der Waals surface area contributed by atoms with Crippen LogP contribution >= 0.6 is 0 Å². The molecule has 1 aliphatic heterocycles. The van der Waals surface area contributed by atoms with Gasteiger partial charge in [-0.15, -0.1) is 0 Å². The van der Waals surface area contributed by atoms with Crippen LogP contribution in [0.5, 0.6) is 0 Å². The molecule has 0 radical (unpaired) electrons. The summed E-state index contributed by atoms with van der Waals surface area (Å²) in [5, 5.41) is 2.99. The highest BCUT2D eigenvalue weighted by Gasteiger charge is 2.29. The smallest absolute Gasteiger partial charge is 0.317 e. The van der Waals surface area contributed by atoms with E-state index in [1.54, 1.807) is 18.7 Å². The quantitative estimate of drug-likeness (QED) is 0.793. The Morgan fingerprint density at radius 3 is 3.04 bits per heavy atom. The minimum absolute atomic E-state index is 0.000321. The minimum Gasteiger partial charge on any atom is -0.467 e. The Kier molecular flexibility index (Phi) is 5.85. The van der Waals surface area contributed by atoms with Crippen molar-refractivity contribution in [2.24, 2.45) is 0 Å². The zero-order valence-corrected chi connectivity index (χ0v) is 13.7. The van der Waals surface area contributed by atoms with Crippen LogP contribution in [0.4, 0.5) is 4.79 Å². The number of nitrogens with zero attached hydrogens (tertiary/aromatic N) is 2. The fourth-order valence-corrected chi connectivity index (χ4v) is 2.98. The number of carbonyl (C=O) groups is 1. The number of furan rings is 1. The highest BCUT2D eigenvalue weighted by atomic mass is 16.5. The van der Waals surface area contributed by atoms with Crippen LogP contribution < -0.4 is 5.32 Å². The van der Waals surface area contributed by atoms with Crippen LogP contribution in [-0.2, 0) is 11.3 Å². The van der Waals surface area contributed by atoms with Crippen LogP contribution in [0, 0.1) is 0 Å².